The summed E-state index contributed by atoms with van der Waals surface area (Å²) in [5.41, 5.74) is 2.09. The monoisotopic (exact) mass is 448 g/mol. The van der Waals surface area contributed by atoms with Crippen LogP contribution in [0.1, 0.15) is 21.5 Å². The van der Waals surface area contributed by atoms with Crippen LogP contribution in [0.5, 0.6) is 5.75 Å². The fraction of sp³-hybridized carbons (Fsp3) is 0.125. The van der Waals surface area contributed by atoms with Crippen LogP contribution in [0, 0.1) is 3.57 Å². The summed E-state index contributed by atoms with van der Waals surface area (Å²) in [5.74, 6) is 0.165. The SMILES string of the molecule is COc1ccc(C(=O)NN=Cc2cccc(C(F)(F)F)c2)cc1I. The Hall–Kier alpha value is -2.10. The van der Waals surface area contributed by atoms with Gasteiger partial charge in [0.2, 0.25) is 0 Å². The topological polar surface area (TPSA) is 50.7 Å². The van der Waals surface area contributed by atoms with Crippen molar-refractivity contribution >= 4 is 34.7 Å². The highest BCUT2D eigenvalue weighted by Gasteiger charge is 2.30. The zero-order chi connectivity index (χ0) is 17.7. The molecule has 126 valence electrons. The Balaban J connectivity index is 2.06. The highest BCUT2D eigenvalue weighted by atomic mass is 127. The van der Waals surface area contributed by atoms with Gasteiger partial charge in [-0.2, -0.15) is 18.3 Å². The van der Waals surface area contributed by atoms with Crippen LogP contribution in [-0.2, 0) is 6.18 Å². The lowest BCUT2D eigenvalue weighted by Gasteiger charge is -2.07. The predicted molar refractivity (Wildman–Crippen MR) is 92.2 cm³/mol. The molecule has 0 fully saturated rings. The molecule has 1 amide bonds. The van der Waals surface area contributed by atoms with Crippen molar-refractivity contribution in [3.8, 4) is 5.75 Å². The lowest BCUT2D eigenvalue weighted by atomic mass is 10.1. The number of nitrogens with one attached hydrogen (secondary N) is 1. The fourth-order valence-electron chi connectivity index (χ4n) is 1.83. The van der Waals surface area contributed by atoms with E-state index in [9.17, 15) is 18.0 Å². The van der Waals surface area contributed by atoms with Crippen LogP contribution in [0.25, 0.3) is 0 Å². The van der Waals surface area contributed by atoms with Crippen LogP contribution in [0.4, 0.5) is 13.2 Å². The minimum atomic E-state index is -4.42. The van der Waals surface area contributed by atoms with Crippen LogP contribution in [0.3, 0.4) is 0 Å². The molecule has 8 heteroatoms. The van der Waals surface area contributed by atoms with E-state index < -0.39 is 17.6 Å². The Bertz CT molecular complexity index is 776. The summed E-state index contributed by atoms with van der Waals surface area (Å²) in [6.45, 7) is 0. The maximum absolute atomic E-state index is 12.6. The van der Waals surface area contributed by atoms with Crippen molar-refractivity contribution in [2.45, 2.75) is 6.18 Å². The van der Waals surface area contributed by atoms with E-state index in [0.29, 0.717) is 11.3 Å². The van der Waals surface area contributed by atoms with E-state index in [0.717, 1.165) is 21.9 Å². The first kappa shape index (κ1) is 18.2. The number of carbonyl (C=O) groups is 1. The van der Waals surface area contributed by atoms with Gasteiger partial charge in [-0.3, -0.25) is 4.79 Å². The lowest BCUT2D eigenvalue weighted by molar-refractivity contribution is -0.137. The van der Waals surface area contributed by atoms with Crippen molar-refractivity contribution in [2.24, 2.45) is 5.10 Å². The quantitative estimate of drug-likeness (QED) is 0.436. The number of carbonyl (C=O) groups excluding carboxylic acids is 1. The number of hydrazone groups is 1. The second kappa shape index (κ2) is 7.65. The van der Waals surface area contributed by atoms with Gasteiger partial charge < -0.3 is 4.74 Å². The van der Waals surface area contributed by atoms with Crippen molar-refractivity contribution in [3.05, 3.63) is 62.7 Å². The summed E-state index contributed by atoms with van der Waals surface area (Å²) in [4.78, 5) is 12.0. The molecule has 2 rings (SSSR count). The molecule has 0 radical (unpaired) electrons. The molecule has 1 N–H and O–H groups in total. The van der Waals surface area contributed by atoms with Crippen molar-refractivity contribution in [2.75, 3.05) is 7.11 Å². The standard InChI is InChI=1S/C16H12F3IN2O2/c1-24-14-6-5-11(8-13(14)20)15(23)22-21-9-10-3-2-4-12(7-10)16(17,18)19/h2-9H,1H3,(H,22,23). The fourth-order valence-corrected chi connectivity index (χ4v) is 2.57. The number of ether oxygens (including phenoxy) is 1. The van der Waals surface area contributed by atoms with Gasteiger partial charge in [0.1, 0.15) is 5.75 Å². The summed E-state index contributed by atoms with van der Waals surface area (Å²) >= 11 is 2.03. The minimum Gasteiger partial charge on any atom is -0.496 e. The van der Waals surface area contributed by atoms with Gasteiger partial charge >= 0.3 is 6.18 Å². The summed E-state index contributed by atoms with van der Waals surface area (Å²) < 4.78 is 43.7. The summed E-state index contributed by atoms with van der Waals surface area (Å²) in [7, 11) is 1.52. The third-order valence-corrected chi connectivity index (χ3v) is 3.85. The molecule has 0 aromatic heterocycles. The second-order valence-electron chi connectivity index (χ2n) is 4.67. The average molecular weight is 448 g/mol. The summed E-state index contributed by atoms with van der Waals surface area (Å²) in [6, 6.07) is 9.48. The van der Waals surface area contributed by atoms with E-state index in [1.54, 1.807) is 18.2 Å². The molecule has 0 heterocycles. The molecule has 2 aromatic carbocycles. The van der Waals surface area contributed by atoms with Crippen LogP contribution in [0.15, 0.2) is 47.6 Å². The number of nitrogens with zero attached hydrogens (tertiary/aromatic N) is 1. The number of benzene rings is 2. The average Bonchev–Trinajstić information content (AvgIpc) is 2.54. The lowest BCUT2D eigenvalue weighted by Crippen LogP contribution is -2.17. The van der Waals surface area contributed by atoms with Crippen LogP contribution >= 0.6 is 22.6 Å². The third-order valence-electron chi connectivity index (χ3n) is 3.01. The molecule has 0 saturated carbocycles. The molecule has 4 nitrogen and oxygen atoms in total. The maximum Gasteiger partial charge on any atom is 0.416 e. The largest absolute Gasteiger partial charge is 0.496 e. The molecule has 0 bridgehead atoms. The zero-order valence-electron chi connectivity index (χ0n) is 12.4. The van der Waals surface area contributed by atoms with E-state index in [4.69, 9.17) is 4.74 Å². The molecule has 24 heavy (non-hydrogen) atoms. The van der Waals surface area contributed by atoms with Gasteiger partial charge in [-0.15, -0.1) is 0 Å². The van der Waals surface area contributed by atoms with E-state index in [-0.39, 0.29) is 5.56 Å². The van der Waals surface area contributed by atoms with E-state index in [2.05, 4.69) is 10.5 Å². The van der Waals surface area contributed by atoms with Gasteiger partial charge in [0.15, 0.2) is 0 Å². The van der Waals surface area contributed by atoms with Gasteiger partial charge in [-0.05, 0) is 58.5 Å². The van der Waals surface area contributed by atoms with Crippen LogP contribution < -0.4 is 10.2 Å². The van der Waals surface area contributed by atoms with Crippen molar-refractivity contribution in [3.63, 3.8) is 0 Å². The van der Waals surface area contributed by atoms with Crippen LogP contribution in [-0.4, -0.2) is 19.2 Å². The van der Waals surface area contributed by atoms with Gasteiger partial charge in [-0.25, -0.2) is 5.43 Å². The smallest absolute Gasteiger partial charge is 0.416 e. The molecular weight excluding hydrogens is 436 g/mol. The minimum absolute atomic E-state index is 0.231. The van der Waals surface area contributed by atoms with Crippen molar-refractivity contribution in [1.29, 1.82) is 0 Å². The normalized spacial score (nSPS) is 11.5. The molecule has 0 saturated heterocycles. The molecule has 0 aliphatic rings. The highest BCUT2D eigenvalue weighted by molar-refractivity contribution is 14.1. The predicted octanol–water partition coefficient (Wildman–Crippen LogP) is 4.08. The molecular formula is C16H12F3IN2O2. The Kier molecular flexibility index (Phi) is 5.81. The first-order valence-corrected chi connectivity index (χ1v) is 7.73. The number of hydrogen-bond acceptors (Lipinski definition) is 3. The molecule has 0 unspecified atom stereocenters. The van der Waals surface area contributed by atoms with Gasteiger partial charge in [-0.1, -0.05) is 12.1 Å². The highest BCUT2D eigenvalue weighted by Crippen LogP contribution is 2.29. The van der Waals surface area contributed by atoms with Gasteiger partial charge in [0.05, 0.1) is 22.5 Å². The molecule has 0 spiro atoms. The maximum atomic E-state index is 12.6. The third kappa shape index (κ3) is 4.70. The van der Waals surface area contributed by atoms with Crippen molar-refractivity contribution in [1.82, 2.24) is 5.43 Å². The molecule has 0 atom stereocenters. The number of halogens is 4. The Morgan fingerprint density at radius 3 is 2.62 bits per heavy atom. The van der Waals surface area contributed by atoms with E-state index in [1.807, 2.05) is 22.6 Å². The Morgan fingerprint density at radius 2 is 2.00 bits per heavy atom. The molecule has 0 aliphatic heterocycles. The molecule has 0 aliphatic carbocycles. The van der Waals surface area contributed by atoms with E-state index >= 15 is 0 Å². The number of amides is 1. The Labute approximate surface area is 149 Å². The Morgan fingerprint density at radius 1 is 1.25 bits per heavy atom. The second-order valence-corrected chi connectivity index (χ2v) is 5.83. The number of hydrogen-bond donors (Lipinski definition) is 1. The first-order chi connectivity index (χ1) is 11.3. The summed E-state index contributed by atoms with van der Waals surface area (Å²) in [6.07, 6.45) is -3.27. The van der Waals surface area contributed by atoms with Gasteiger partial charge in [0, 0.05) is 5.56 Å². The molecule has 2 aromatic rings. The number of methoxy groups -OCH3 is 1. The number of rotatable bonds is 4. The van der Waals surface area contributed by atoms with Crippen LogP contribution in [0.2, 0.25) is 0 Å². The van der Waals surface area contributed by atoms with Crippen molar-refractivity contribution < 1.29 is 22.7 Å². The number of alkyl halides is 3. The first-order valence-electron chi connectivity index (χ1n) is 6.65. The van der Waals surface area contributed by atoms with E-state index in [1.165, 1.54) is 19.2 Å². The summed E-state index contributed by atoms with van der Waals surface area (Å²) in [5, 5.41) is 3.69. The zero-order valence-corrected chi connectivity index (χ0v) is 14.6. The van der Waals surface area contributed by atoms with Gasteiger partial charge in [0.25, 0.3) is 5.91 Å².